The fraction of sp³-hybridized carbons (Fsp3) is 0.0794. The molecule has 0 fully saturated rings. The van der Waals surface area contributed by atoms with Gasteiger partial charge in [0.2, 0.25) is 0 Å². The molecule has 0 bridgehead atoms. The number of pyridine rings is 1. The minimum atomic E-state index is -0.321. The maximum atomic E-state index is 5.07. The number of hydrogen-bond donors (Lipinski definition) is 0. The Balaban J connectivity index is 0.920. The Morgan fingerprint density at radius 1 is 0.597 bits per heavy atom. The summed E-state index contributed by atoms with van der Waals surface area (Å²) >= 11 is 0. The topological polar surface area (TPSA) is 50.0 Å². The molecule has 4 nitrogen and oxygen atoms in total. The molecule has 11 rings (SSSR count). The second-order valence-electron chi connectivity index (χ2n) is 17.2. The van der Waals surface area contributed by atoms with Gasteiger partial charge >= 0.3 is 0 Å². The maximum Gasteiger partial charge on any atom is 0.161 e. The molecule has 320 valence electrons. The standard InChI is InChI=1S/C63H48N4/c1-4-15-42(16-5-2)41-66-62(67-61(64-3)48-38-34-46(35-39-48)51-23-12-17-47-18-14-40-65-60(47)51)49-36-30-44(31-37-49)43-28-32-45(33-29-43)50-22-13-27-58-59(50)54-21-8-11-26-57(54)63(58)55-24-9-6-19-52(55)53-20-7-10-25-56(53)63/h4-6,8-9,11-40H,1,3,7,10,41H2,2H3/b16-5-,42-15+,66-62?,67-61?. The molecular formula is C63H48N4. The average Bonchev–Trinajstić information content (AvgIpc) is 3.87. The molecule has 0 saturated carbocycles. The van der Waals surface area contributed by atoms with Crippen molar-refractivity contribution < 1.29 is 0 Å². The van der Waals surface area contributed by atoms with Gasteiger partial charge in [-0.15, -0.1) is 0 Å². The number of amidine groups is 2. The highest BCUT2D eigenvalue weighted by Gasteiger charge is 2.53. The van der Waals surface area contributed by atoms with Crippen molar-refractivity contribution in [3.05, 3.63) is 264 Å². The average molecular weight is 861 g/mol. The summed E-state index contributed by atoms with van der Waals surface area (Å²) in [6, 6.07) is 61.1. The van der Waals surface area contributed by atoms with Gasteiger partial charge in [0, 0.05) is 28.3 Å². The van der Waals surface area contributed by atoms with E-state index in [1.807, 2.05) is 49.5 Å². The maximum absolute atomic E-state index is 5.07. The zero-order valence-corrected chi connectivity index (χ0v) is 37.5. The molecule has 0 radical (unpaired) electrons. The number of nitrogens with zero attached hydrogens (tertiary/aromatic N) is 4. The highest BCUT2D eigenvalue weighted by Crippen LogP contribution is 2.65. The van der Waals surface area contributed by atoms with Gasteiger partial charge < -0.3 is 0 Å². The molecule has 1 aromatic heterocycles. The van der Waals surface area contributed by atoms with E-state index in [1.54, 1.807) is 6.08 Å². The van der Waals surface area contributed by atoms with Crippen LogP contribution in [-0.4, -0.2) is 29.9 Å². The molecule has 1 heterocycles. The van der Waals surface area contributed by atoms with Gasteiger partial charge in [-0.25, -0.2) is 9.98 Å². The molecule has 7 aromatic carbocycles. The van der Waals surface area contributed by atoms with Crippen LogP contribution in [0.4, 0.5) is 0 Å². The quantitative estimate of drug-likeness (QED) is 0.0810. The van der Waals surface area contributed by atoms with Crippen molar-refractivity contribution in [2.24, 2.45) is 15.0 Å². The van der Waals surface area contributed by atoms with Crippen molar-refractivity contribution in [3.63, 3.8) is 0 Å². The van der Waals surface area contributed by atoms with Crippen LogP contribution >= 0.6 is 0 Å². The second kappa shape index (κ2) is 17.6. The minimum Gasteiger partial charge on any atom is -0.261 e. The molecular weight excluding hydrogens is 813 g/mol. The molecule has 1 atom stereocenters. The van der Waals surface area contributed by atoms with Crippen molar-refractivity contribution in [1.29, 1.82) is 0 Å². The summed E-state index contributed by atoms with van der Waals surface area (Å²) in [5.74, 6) is 1.06. The molecule has 0 saturated heterocycles. The Morgan fingerprint density at radius 2 is 1.18 bits per heavy atom. The lowest BCUT2D eigenvalue weighted by molar-refractivity contribution is 0.782. The SMILES string of the molecule is C=C/C=C(\C=C/C)CN=C(N=C(N=C)c1ccc(-c2cccc3cccnc23)cc1)c1ccc(-c2ccc(-c3cccc4c3-c3ccccc3C43C4=CCCC=C4c4ccccc43)cc2)cc1. The number of rotatable bonds is 9. The largest absolute Gasteiger partial charge is 0.261 e. The fourth-order valence-electron chi connectivity index (χ4n) is 10.6. The van der Waals surface area contributed by atoms with Crippen molar-refractivity contribution in [2.75, 3.05) is 6.54 Å². The first kappa shape index (κ1) is 41.4. The van der Waals surface area contributed by atoms with Crippen LogP contribution in [-0.2, 0) is 5.41 Å². The number of aliphatic imine (C=N–C) groups is 3. The molecule has 4 heteroatoms. The van der Waals surface area contributed by atoms with E-state index in [4.69, 9.17) is 9.98 Å². The molecule has 8 aromatic rings. The van der Waals surface area contributed by atoms with E-state index >= 15 is 0 Å². The van der Waals surface area contributed by atoms with Crippen molar-refractivity contribution in [1.82, 2.24) is 4.98 Å². The first-order valence-corrected chi connectivity index (χ1v) is 23.0. The van der Waals surface area contributed by atoms with E-state index in [-0.39, 0.29) is 5.41 Å². The van der Waals surface area contributed by atoms with Gasteiger partial charge in [0.25, 0.3) is 0 Å². The lowest BCUT2D eigenvalue weighted by atomic mass is 9.69. The Hall–Kier alpha value is -8.34. The number of para-hydroxylation sites is 1. The molecule has 67 heavy (non-hydrogen) atoms. The summed E-state index contributed by atoms with van der Waals surface area (Å²) < 4.78 is 0. The Labute approximate surface area is 392 Å². The number of fused-ring (bicyclic) bond motifs is 11. The van der Waals surface area contributed by atoms with Gasteiger partial charge in [0.1, 0.15) is 0 Å². The van der Waals surface area contributed by atoms with Crippen LogP contribution in [0.5, 0.6) is 0 Å². The van der Waals surface area contributed by atoms with E-state index in [0.717, 1.165) is 62.7 Å². The summed E-state index contributed by atoms with van der Waals surface area (Å²) in [4.78, 5) is 19.2. The highest BCUT2D eigenvalue weighted by molar-refractivity contribution is 6.13. The van der Waals surface area contributed by atoms with E-state index in [9.17, 15) is 0 Å². The highest BCUT2D eigenvalue weighted by atomic mass is 15.0. The first-order valence-electron chi connectivity index (χ1n) is 23.0. The zero-order valence-electron chi connectivity index (χ0n) is 37.5. The molecule has 0 N–H and O–H groups in total. The van der Waals surface area contributed by atoms with E-state index in [0.29, 0.717) is 18.2 Å². The van der Waals surface area contributed by atoms with Gasteiger partial charge in [-0.1, -0.05) is 207 Å². The Morgan fingerprint density at radius 3 is 1.93 bits per heavy atom. The fourth-order valence-corrected chi connectivity index (χ4v) is 10.6. The van der Waals surface area contributed by atoms with Crippen molar-refractivity contribution in [2.45, 2.75) is 25.2 Å². The third kappa shape index (κ3) is 7.10. The van der Waals surface area contributed by atoms with E-state index in [2.05, 4.69) is 187 Å². The lowest BCUT2D eigenvalue weighted by Crippen LogP contribution is -2.26. The lowest BCUT2D eigenvalue weighted by Gasteiger charge is -2.31. The van der Waals surface area contributed by atoms with Gasteiger partial charge in [0.05, 0.1) is 17.5 Å². The van der Waals surface area contributed by atoms with Gasteiger partial charge in [-0.05, 0) is 110 Å². The van der Waals surface area contributed by atoms with Crippen LogP contribution in [0.1, 0.15) is 53.1 Å². The zero-order chi connectivity index (χ0) is 45.3. The summed E-state index contributed by atoms with van der Waals surface area (Å²) in [5, 5.41) is 1.10. The molecule has 1 unspecified atom stereocenters. The summed E-state index contributed by atoms with van der Waals surface area (Å²) in [7, 11) is 0. The molecule has 3 aliphatic rings. The number of benzene rings is 7. The predicted octanol–water partition coefficient (Wildman–Crippen LogP) is 15.3. The summed E-state index contributed by atoms with van der Waals surface area (Å²) in [5.41, 5.74) is 21.2. The number of aromatic nitrogens is 1. The number of allylic oxidation sites excluding steroid dienone is 7. The normalized spacial score (nSPS) is 16.3. The molecule has 0 aliphatic heterocycles. The number of hydrogen-bond acceptors (Lipinski definition) is 2. The van der Waals surface area contributed by atoms with Crippen LogP contribution in [0, 0.1) is 0 Å². The van der Waals surface area contributed by atoms with E-state index in [1.165, 1.54) is 55.7 Å². The summed E-state index contributed by atoms with van der Waals surface area (Å²) in [6.07, 6.45) is 16.8. The first-order chi connectivity index (χ1) is 33.1. The van der Waals surface area contributed by atoms with Crippen molar-refractivity contribution in [3.8, 4) is 44.5 Å². The third-order valence-corrected chi connectivity index (χ3v) is 13.5. The smallest absolute Gasteiger partial charge is 0.161 e. The van der Waals surface area contributed by atoms with Gasteiger partial charge in [-0.3, -0.25) is 9.98 Å². The van der Waals surface area contributed by atoms with E-state index < -0.39 is 0 Å². The van der Waals surface area contributed by atoms with Crippen LogP contribution in [0.3, 0.4) is 0 Å². The monoisotopic (exact) mass is 860 g/mol. The second-order valence-corrected chi connectivity index (χ2v) is 17.2. The predicted molar refractivity (Wildman–Crippen MR) is 282 cm³/mol. The van der Waals surface area contributed by atoms with Crippen LogP contribution in [0.15, 0.2) is 245 Å². The molecule has 0 amide bonds. The van der Waals surface area contributed by atoms with Gasteiger partial charge in [0.15, 0.2) is 11.7 Å². The van der Waals surface area contributed by atoms with Gasteiger partial charge in [-0.2, -0.15) is 0 Å². The third-order valence-electron chi connectivity index (χ3n) is 13.5. The molecule has 1 spiro atoms. The van der Waals surface area contributed by atoms with Crippen LogP contribution in [0.2, 0.25) is 0 Å². The Kier molecular flexibility index (Phi) is 10.8. The Bertz CT molecular complexity index is 3440. The molecule has 3 aliphatic carbocycles. The minimum absolute atomic E-state index is 0.321. The van der Waals surface area contributed by atoms with Crippen LogP contribution in [0.25, 0.3) is 61.0 Å². The van der Waals surface area contributed by atoms with Crippen LogP contribution < -0.4 is 0 Å². The summed E-state index contributed by atoms with van der Waals surface area (Å²) in [6.45, 7) is 10.3. The van der Waals surface area contributed by atoms with Crippen molar-refractivity contribution >= 4 is 34.9 Å².